The van der Waals surface area contributed by atoms with Crippen LogP contribution in [-0.2, 0) is 40.8 Å². The molecule has 2 aromatic rings. The second kappa shape index (κ2) is 14.7. The van der Waals surface area contributed by atoms with Crippen molar-refractivity contribution in [2.75, 3.05) is 0 Å². The lowest BCUT2D eigenvalue weighted by Gasteiger charge is -2.32. The van der Waals surface area contributed by atoms with Crippen LogP contribution in [0, 0.1) is 0 Å². The fourth-order valence-electron chi connectivity index (χ4n) is 6.45. The van der Waals surface area contributed by atoms with E-state index in [-0.39, 0.29) is 40.7 Å². The van der Waals surface area contributed by atoms with Gasteiger partial charge in [-0.15, -0.1) is 0 Å². The van der Waals surface area contributed by atoms with Crippen LogP contribution in [0.2, 0.25) is 0 Å². The Kier molecular flexibility index (Phi) is 11.9. The molecule has 3 fully saturated rings. The fraction of sp³-hybridized carbons (Fsp3) is 0.632. The van der Waals surface area contributed by atoms with Gasteiger partial charge < -0.3 is 27.9 Å². The van der Waals surface area contributed by atoms with Gasteiger partial charge >= 0.3 is 21.1 Å². The lowest BCUT2D eigenvalue weighted by atomic mass is 9.49. The molecule has 0 N–H and O–H groups in total. The number of rotatable bonds is 4. The minimum Gasteiger partial charge on any atom is -0.405 e. The molecule has 3 saturated heterocycles. The van der Waals surface area contributed by atoms with Gasteiger partial charge in [0.05, 0.1) is 45.0 Å². The smallest absolute Gasteiger partial charge is 0.405 e. The summed E-state index contributed by atoms with van der Waals surface area (Å²) in [5.41, 5.74) is 5.80. The van der Waals surface area contributed by atoms with Crippen LogP contribution in [0.4, 0.5) is 0 Å². The van der Waals surface area contributed by atoms with Crippen LogP contribution in [0.1, 0.15) is 132 Å². The average Bonchev–Trinajstić information content (AvgIpc) is 3.71. The molecule has 0 aromatic carbocycles. The first kappa shape index (κ1) is 41.9. The van der Waals surface area contributed by atoms with Crippen LogP contribution in [0.3, 0.4) is 0 Å². The topological polar surface area (TPSA) is 81.2 Å². The standard InChI is InChI=1S/C16H21BClNO2.C12H24B2O4.C10H9BrClN/c1-6-11-12-7-10(9-19-14(12)8-13(11)18)17-20-15(2,3)16(4,5)21-17;1-9(2)10(3,4)16-13(15-9)14-17-11(5,6)12(7,8)18-14;1-2-7-8-3-6(11)5-13-10(8)4-9(7)12/h7,9H,6,8H2,1-5H3;1-8H3;3,5H,2,4H2,1H3. The van der Waals surface area contributed by atoms with Gasteiger partial charge in [0.1, 0.15) is 0 Å². The van der Waals surface area contributed by atoms with Crippen LogP contribution >= 0.6 is 39.1 Å². The van der Waals surface area contributed by atoms with Crippen molar-refractivity contribution in [1.29, 1.82) is 0 Å². The summed E-state index contributed by atoms with van der Waals surface area (Å²) in [5.74, 6) is 0. The van der Waals surface area contributed by atoms with Crippen molar-refractivity contribution >= 4 is 76.9 Å². The minimum atomic E-state index is -0.476. The van der Waals surface area contributed by atoms with E-state index in [0.717, 1.165) is 62.6 Å². The van der Waals surface area contributed by atoms with Gasteiger partial charge in [-0.05, 0) is 129 Å². The van der Waals surface area contributed by atoms with Crippen molar-refractivity contribution in [3.63, 3.8) is 0 Å². The summed E-state index contributed by atoms with van der Waals surface area (Å²) < 4.78 is 37.1. The maximum atomic E-state index is 6.32. The Balaban J connectivity index is 0.000000155. The van der Waals surface area contributed by atoms with E-state index < -0.39 is 14.0 Å². The Morgan fingerprint density at radius 3 is 1.31 bits per heavy atom. The van der Waals surface area contributed by atoms with Gasteiger partial charge in [-0.25, -0.2) is 0 Å². The molecule has 5 aliphatic rings. The largest absolute Gasteiger partial charge is 0.496 e. The predicted octanol–water partition coefficient (Wildman–Crippen LogP) is 9.31. The molecule has 0 unspecified atom stereocenters. The summed E-state index contributed by atoms with van der Waals surface area (Å²) in [6.07, 6.45) is 7.10. The fourth-order valence-corrected chi connectivity index (χ4v) is 7.51. The average molecular weight is 818 g/mol. The van der Waals surface area contributed by atoms with E-state index in [4.69, 9.17) is 51.1 Å². The van der Waals surface area contributed by atoms with E-state index >= 15 is 0 Å². The van der Waals surface area contributed by atoms with Gasteiger partial charge in [0, 0.05) is 56.4 Å². The van der Waals surface area contributed by atoms with E-state index in [1.54, 1.807) is 0 Å². The van der Waals surface area contributed by atoms with Crippen LogP contribution in [0.25, 0.3) is 11.1 Å². The first-order valence-corrected chi connectivity index (χ1v) is 19.9. The molecular weight excluding hydrogens is 764 g/mol. The van der Waals surface area contributed by atoms with E-state index in [9.17, 15) is 0 Å². The van der Waals surface area contributed by atoms with Gasteiger partial charge in [0.25, 0.3) is 0 Å². The van der Waals surface area contributed by atoms with Gasteiger partial charge in [0.15, 0.2) is 0 Å². The molecule has 7 rings (SSSR count). The van der Waals surface area contributed by atoms with Crippen molar-refractivity contribution in [3.8, 4) is 0 Å². The Bertz CT molecular complexity index is 1680. The Morgan fingerprint density at radius 2 is 0.923 bits per heavy atom. The maximum Gasteiger partial charge on any atom is 0.496 e. The van der Waals surface area contributed by atoms with E-state index in [2.05, 4.69) is 79.6 Å². The van der Waals surface area contributed by atoms with E-state index in [1.165, 1.54) is 16.7 Å². The second-order valence-corrected chi connectivity index (χ2v) is 18.9. The number of fused-ring (bicyclic) bond motifs is 2. The third kappa shape index (κ3) is 8.03. The summed E-state index contributed by atoms with van der Waals surface area (Å²) >= 11 is 15.9. The Hall–Kier alpha value is -1.21. The first-order chi connectivity index (χ1) is 23.8. The molecule has 2 aromatic heterocycles. The van der Waals surface area contributed by atoms with Gasteiger partial charge in [0.2, 0.25) is 0 Å². The molecule has 2 aliphatic carbocycles. The highest BCUT2D eigenvalue weighted by Gasteiger charge is 2.63. The number of hydrogen-bond donors (Lipinski definition) is 0. The summed E-state index contributed by atoms with van der Waals surface area (Å²) in [6.45, 7) is 28.7. The summed E-state index contributed by atoms with van der Waals surface area (Å²) in [4.78, 5) is 8.90. The molecule has 52 heavy (non-hydrogen) atoms. The highest BCUT2D eigenvalue weighted by atomic mass is 79.9. The molecule has 0 spiro atoms. The van der Waals surface area contributed by atoms with E-state index in [1.807, 2.05) is 67.8 Å². The molecule has 0 bridgehead atoms. The number of nitrogens with zero attached hydrogens (tertiary/aromatic N) is 2. The number of pyridine rings is 2. The van der Waals surface area contributed by atoms with Gasteiger partial charge in [-0.3, -0.25) is 9.97 Å². The molecule has 0 saturated carbocycles. The van der Waals surface area contributed by atoms with Crippen molar-refractivity contribution in [2.24, 2.45) is 0 Å². The molecule has 0 amide bonds. The number of allylic oxidation sites excluding steroid dienone is 4. The van der Waals surface area contributed by atoms with Crippen LogP contribution in [-0.4, -0.2) is 64.7 Å². The van der Waals surface area contributed by atoms with Gasteiger partial charge in [-0.2, -0.15) is 0 Å². The number of aromatic nitrogens is 2. The molecule has 8 nitrogen and oxygen atoms in total. The second-order valence-electron chi connectivity index (χ2n) is 17.1. The summed E-state index contributed by atoms with van der Waals surface area (Å²) in [7, 11) is -1.32. The third-order valence-electron chi connectivity index (χ3n) is 11.9. The minimum absolute atomic E-state index is 0.336. The Morgan fingerprint density at radius 1 is 0.577 bits per heavy atom. The SMILES string of the molecule is CC1(C)OB(B2OC(C)(C)C(C)(C)O2)OC1(C)C.CCC1=C(Cl)Cc2ncc(B3OC(C)(C)C(C)(C)O3)cc21.CCC1=C(Cl)Cc2ncc(Br)cc21. The maximum absolute atomic E-state index is 6.32. The molecule has 0 radical (unpaired) electrons. The van der Waals surface area contributed by atoms with Crippen molar-refractivity contribution in [1.82, 2.24) is 9.97 Å². The van der Waals surface area contributed by atoms with Crippen LogP contribution in [0.15, 0.2) is 39.1 Å². The molecular formula is C38H54B3BrCl2N2O6. The highest BCUT2D eigenvalue weighted by molar-refractivity contribution is 9.10. The molecule has 14 heteroatoms. The molecule has 0 atom stereocenters. The summed E-state index contributed by atoms with van der Waals surface area (Å²) in [6, 6.07) is 4.22. The van der Waals surface area contributed by atoms with Crippen molar-refractivity contribution < 1.29 is 27.9 Å². The Labute approximate surface area is 331 Å². The van der Waals surface area contributed by atoms with E-state index in [0.29, 0.717) is 0 Å². The van der Waals surface area contributed by atoms with Gasteiger partial charge in [-0.1, -0.05) is 43.1 Å². The lowest BCUT2D eigenvalue weighted by Crippen LogP contribution is -2.41. The van der Waals surface area contributed by atoms with Crippen LogP contribution < -0.4 is 5.46 Å². The third-order valence-corrected chi connectivity index (χ3v) is 13.0. The van der Waals surface area contributed by atoms with Crippen molar-refractivity contribution in [2.45, 2.75) is 156 Å². The summed E-state index contributed by atoms with van der Waals surface area (Å²) in [5, 5.41) is 1.86. The number of halogens is 3. The highest BCUT2D eigenvalue weighted by Crippen LogP contribution is 2.43. The normalized spacial score (nSPS) is 24.1. The lowest BCUT2D eigenvalue weighted by molar-refractivity contribution is 0.00578. The zero-order chi connectivity index (χ0) is 38.8. The molecule has 282 valence electrons. The molecule has 5 heterocycles. The predicted molar refractivity (Wildman–Crippen MR) is 218 cm³/mol. The zero-order valence-electron chi connectivity index (χ0n) is 33.3. The molecule has 3 aliphatic heterocycles. The van der Waals surface area contributed by atoms with Crippen molar-refractivity contribution in [3.05, 3.63) is 61.6 Å². The van der Waals surface area contributed by atoms with Crippen LogP contribution in [0.5, 0.6) is 0 Å². The zero-order valence-corrected chi connectivity index (χ0v) is 36.4. The first-order valence-electron chi connectivity index (χ1n) is 18.3. The quantitative estimate of drug-likeness (QED) is 0.283. The monoisotopic (exact) mass is 816 g/mol. The number of hydrogen-bond acceptors (Lipinski definition) is 8.